The van der Waals surface area contributed by atoms with Crippen LogP contribution >= 0.6 is 0 Å². The van der Waals surface area contributed by atoms with Gasteiger partial charge in [-0.2, -0.15) is 5.10 Å². The van der Waals surface area contributed by atoms with Gasteiger partial charge in [0.1, 0.15) is 11.7 Å². The van der Waals surface area contributed by atoms with Gasteiger partial charge in [0.2, 0.25) is 5.91 Å². The fourth-order valence-electron chi connectivity index (χ4n) is 4.47. The molecule has 1 atom stereocenters. The molecule has 8 heteroatoms. The molecule has 0 saturated carbocycles. The first-order valence-electron chi connectivity index (χ1n) is 10.4. The fourth-order valence-corrected chi connectivity index (χ4v) is 4.47. The van der Waals surface area contributed by atoms with Gasteiger partial charge in [-0.1, -0.05) is 30.3 Å². The molecule has 2 aromatic carbocycles. The van der Waals surface area contributed by atoms with Crippen LogP contribution in [0.2, 0.25) is 0 Å². The number of aromatic nitrogens is 2. The Morgan fingerprint density at radius 1 is 1.03 bits per heavy atom. The van der Waals surface area contributed by atoms with Crippen molar-refractivity contribution in [3.8, 4) is 0 Å². The number of carbonyl (C=O) groups is 2. The van der Waals surface area contributed by atoms with E-state index in [1.165, 1.54) is 4.68 Å². The number of amides is 2. The second-order valence-electron chi connectivity index (χ2n) is 8.19. The van der Waals surface area contributed by atoms with E-state index in [1.54, 1.807) is 36.2 Å². The first-order valence-corrected chi connectivity index (χ1v) is 10.4. The smallest absolute Gasteiger partial charge is 0.275 e. The number of fused-ring (bicyclic) bond motifs is 2. The van der Waals surface area contributed by atoms with Crippen molar-refractivity contribution < 1.29 is 9.59 Å². The monoisotopic (exact) mass is 417 g/mol. The summed E-state index contributed by atoms with van der Waals surface area (Å²) in [7, 11) is 0. The van der Waals surface area contributed by atoms with E-state index < -0.39 is 11.7 Å². The SMILES string of the molecule is CC(C(=O)N1CCC2(CC1)NC(=O)c1ccccc1N2)n1ncc2ccccc2c1=O. The summed E-state index contributed by atoms with van der Waals surface area (Å²) in [5.74, 6) is -0.253. The van der Waals surface area contributed by atoms with Crippen molar-refractivity contribution in [3.63, 3.8) is 0 Å². The number of hydrogen-bond acceptors (Lipinski definition) is 5. The Morgan fingerprint density at radius 3 is 2.55 bits per heavy atom. The van der Waals surface area contributed by atoms with E-state index in [-0.39, 0.29) is 17.4 Å². The molecule has 3 heterocycles. The van der Waals surface area contributed by atoms with Crippen molar-refractivity contribution in [1.82, 2.24) is 20.0 Å². The molecule has 1 fully saturated rings. The molecule has 1 unspecified atom stereocenters. The van der Waals surface area contributed by atoms with Crippen LogP contribution in [0.4, 0.5) is 5.69 Å². The number of para-hydroxylation sites is 1. The molecule has 8 nitrogen and oxygen atoms in total. The molecule has 31 heavy (non-hydrogen) atoms. The summed E-state index contributed by atoms with van der Waals surface area (Å²) in [6.45, 7) is 2.65. The molecular weight excluding hydrogens is 394 g/mol. The maximum absolute atomic E-state index is 13.1. The van der Waals surface area contributed by atoms with E-state index in [0.717, 1.165) is 11.1 Å². The van der Waals surface area contributed by atoms with Crippen LogP contribution in [0, 0.1) is 0 Å². The van der Waals surface area contributed by atoms with Crippen LogP contribution in [-0.4, -0.2) is 45.2 Å². The van der Waals surface area contributed by atoms with Gasteiger partial charge >= 0.3 is 0 Å². The van der Waals surface area contributed by atoms with Gasteiger partial charge in [-0.25, -0.2) is 4.68 Å². The molecule has 158 valence electrons. The van der Waals surface area contributed by atoms with Crippen molar-refractivity contribution in [3.05, 3.63) is 70.6 Å². The van der Waals surface area contributed by atoms with Crippen LogP contribution in [0.3, 0.4) is 0 Å². The standard InChI is InChI=1S/C23H23N5O3/c1-15(28-22(31)17-7-3-2-6-16(17)14-24-28)21(30)27-12-10-23(11-13-27)25-19-9-5-4-8-18(19)20(29)26-23/h2-9,14-15,25H,10-13H2,1H3,(H,26,29). The zero-order valence-corrected chi connectivity index (χ0v) is 17.2. The van der Waals surface area contributed by atoms with E-state index >= 15 is 0 Å². The Balaban J connectivity index is 1.32. The van der Waals surface area contributed by atoms with Gasteiger partial charge in [0.25, 0.3) is 11.5 Å². The highest BCUT2D eigenvalue weighted by molar-refractivity contribution is 6.02. The van der Waals surface area contributed by atoms with Crippen LogP contribution in [0.15, 0.2) is 59.5 Å². The number of likely N-dealkylation sites (tertiary alicyclic amines) is 1. The molecular formula is C23H23N5O3. The Bertz CT molecular complexity index is 1240. The highest BCUT2D eigenvalue weighted by Crippen LogP contribution is 2.31. The highest BCUT2D eigenvalue weighted by Gasteiger charge is 2.41. The average Bonchev–Trinajstić information content (AvgIpc) is 2.79. The third kappa shape index (κ3) is 3.24. The zero-order chi connectivity index (χ0) is 21.6. The summed E-state index contributed by atoms with van der Waals surface area (Å²) in [6.07, 6.45) is 2.77. The van der Waals surface area contributed by atoms with Gasteiger partial charge < -0.3 is 15.5 Å². The minimum atomic E-state index is -0.708. The lowest BCUT2D eigenvalue weighted by molar-refractivity contribution is -0.136. The number of nitrogens with one attached hydrogen (secondary N) is 2. The molecule has 2 aliphatic rings. The van der Waals surface area contributed by atoms with E-state index in [4.69, 9.17) is 0 Å². The van der Waals surface area contributed by atoms with Crippen molar-refractivity contribution in [2.75, 3.05) is 18.4 Å². The largest absolute Gasteiger partial charge is 0.362 e. The predicted molar refractivity (Wildman–Crippen MR) is 117 cm³/mol. The lowest BCUT2D eigenvalue weighted by atomic mass is 9.92. The first kappa shape index (κ1) is 19.3. The summed E-state index contributed by atoms with van der Waals surface area (Å²) in [5.41, 5.74) is 0.599. The normalized spacial score (nSPS) is 18.2. The van der Waals surface area contributed by atoms with Crippen molar-refractivity contribution in [2.45, 2.75) is 31.5 Å². The van der Waals surface area contributed by atoms with Crippen LogP contribution < -0.4 is 16.2 Å². The Hall–Kier alpha value is -3.68. The van der Waals surface area contributed by atoms with Crippen LogP contribution in [0.1, 0.15) is 36.2 Å². The summed E-state index contributed by atoms with van der Waals surface area (Å²) in [6, 6.07) is 13.9. The first-order chi connectivity index (χ1) is 15.0. The number of nitrogens with zero attached hydrogens (tertiary/aromatic N) is 3. The molecule has 0 radical (unpaired) electrons. The molecule has 1 spiro atoms. The van der Waals surface area contributed by atoms with E-state index in [0.29, 0.717) is 36.9 Å². The zero-order valence-electron chi connectivity index (χ0n) is 17.2. The van der Waals surface area contributed by atoms with Crippen LogP contribution in [0.25, 0.3) is 10.8 Å². The van der Waals surface area contributed by atoms with Gasteiger partial charge in [-0.3, -0.25) is 14.4 Å². The number of carbonyl (C=O) groups excluding carboxylic acids is 2. The molecule has 2 amide bonds. The Kier molecular flexibility index (Phi) is 4.50. The Morgan fingerprint density at radius 2 is 1.74 bits per heavy atom. The van der Waals surface area contributed by atoms with Crippen molar-refractivity contribution in [1.29, 1.82) is 0 Å². The van der Waals surface area contributed by atoms with Gasteiger partial charge in [-0.15, -0.1) is 0 Å². The third-order valence-corrected chi connectivity index (χ3v) is 6.27. The van der Waals surface area contributed by atoms with E-state index in [1.807, 2.05) is 30.3 Å². The second-order valence-corrected chi connectivity index (χ2v) is 8.19. The topological polar surface area (TPSA) is 96.3 Å². The van der Waals surface area contributed by atoms with E-state index in [9.17, 15) is 14.4 Å². The molecule has 2 aliphatic heterocycles. The summed E-state index contributed by atoms with van der Waals surface area (Å²) in [4.78, 5) is 40.2. The molecule has 3 aromatic rings. The third-order valence-electron chi connectivity index (χ3n) is 6.27. The summed E-state index contributed by atoms with van der Waals surface area (Å²) < 4.78 is 1.26. The lowest BCUT2D eigenvalue weighted by Gasteiger charge is -2.46. The minimum absolute atomic E-state index is 0.102. The number of piperidine rings is 1. The highest BCUT2D eigenvalue weighted by atomic mass is 16.2. The summed E-state index contributed by atoms with van der Waals surface area (Å²) in [5, 5.41) is 12.1. The molecule has 5 rings (SSSR count). The van der Waals surface area contributed by atoms with Crippen molar-refractivity contribution in [2.24, 2.45) is 0 Å². The van der Waals surface area contributed by atoms with E-state index in [2.05, 4.69) is 15.7 Å². The molecule has 1 aromatic heterocycles. The average molecular weight is 417 g/mol. The number of anilines is 1. The maximum atomic E-state index is 13.1. The Labute approximate surface area is 178 Å². The molecule has 0 bridgehead atoms. The predicted octanol–water partition coefficient (Wildman–Crippen LogP) is 2.13. The maximum Gasteiger partial charge on any atom is 0.275 e. The molecule has 2 N–H and O–H groups in total. The fraction of sp³-hybridized carbons (Fsp3) is 0.304. The van der Waals surface area contributed by atoms with Gasteiger partial charge in [0, 0.05) is 37.0 Å². The van der Waals surface area contributed by atoms with Crippen molar-refractivity contribution >= 4 is 28.3 Å². The number of hydrogen-bond donors (Lipinski definition) is 2. The summed E-state index contributed by atoms with van der Waals surface area (Å²) >= 11 is 0. The minimum Gasteiger partial charge on any atom is -0.362 e. The van der Waals surface area contributed by atoms with Gasteiger partial charge in [-0.05, 0) is 25.1 Å². The van der Waals surface area contributed by atoms with Gasteiger partial charge in [0.15, 0.2) is 0 Å². The quantitative estimate of drug-likeness (QED) is 0.666. The second kappa shape index (κ2) is 7.23. The molecule has 0 aliphatic carbocycles. The number of rotatable bonds is 2. The number of benzene rings is 2. The molecule has 1 saturated heterocycles. The van der Waals surface area contributed by atoms with Crippen LogP contribution in [-0.2, 0) is 4.79 Å². The van der Waals surface area contributed by atoms with Crippen LogP contribution in [0.5, 0.6) is 0 Å². The lowest BCUT2D eigenvalue weighted by Crippen LogP contribution is -2.63. The van der Waals surface area contributed by atoms with Gasteiger partial charge in [0.05, 0.1) is 17.1 Å².